The van der Waals surface area contributed by atoms with Crippen LogP contribution in [0.1, 0.15) is 37.4 Å². The van der Waals surface area contributed by atoms with Crippen molar-refractivity contribution in [2.75, 3.05) is 82.2 Å². The van der Waals surface area contributed by atoms with E-state index >= 15 is 0 Å². The number of carboxylic acids is 1. The number of hydrogen-bond acceptors (Lipinski definition) is 8. The Hall–Kier alpha value is -3.54. The average Bonchev–Trinajstić information content (AvgIpc) is 3.04. The SMILES string of the molecule is Cc1cc(C(=O)O)c(N2CCOCC2)cc1-c1c(C)ccc2c1OCN(C(=O)c1c(Cl)cc(N3CCN(C4COC4)CC3)cc1Cl)C2. The van der Waals surface area contributed by atoms with E-state index in [-0.39, 0.29) is 23.8 Å². The van der Waals surface area contributed by atoms with Crippen LogP contribution in [0.2, 0.25) is 10.0 Å². The number of nitrogens with zero attached hydrogens (tertiary/aromatic N) is 4. The number of aryl methyl sites for hydroxylation is 2. The molecule has 10 nitrogen and oxygen atoms in total. The fraction of sp³-hybridized carbons (Fsp3) is 0.429. The molecule has 248 valence electrons. The van der Waals surface area contributed by atoms with Gasteiger partial charge in [0.05, 0.1) is 65.9 Å². The first-order chi connectivity index (χ1) is 22.7. The molecule has 0 unspecified atom stereocenters. The minimum Gasteiger partial charge on any atom is -0.478 e. The number of carbonyl (C=O) groups excluding carboxylic acids is 1. The third-order valence-electron chi connectivity index (χ3n) is 9.71. The largest absolute Gasteiger partial charge is 0.478 e. The summed E-state index contributed by atoms with van der Waals surface area (Å²) in [5.74, 6) is -0.579. The Kier molecular flexibility index (Phi) is 8.97. The van der Waals surface area contributed by atoms with E-state index in [4.69, 9.17) is 37.4 Å². The quantitative estimate of drug-likeness (QED) is 0.371. The van der Waals surface area contributed by atoms with Gasteiger partial charge < -0.3 is 34.0 Å². The van der Waals surface area contributed by atoms with E-state index in [2.05, 4.69) is 14.7 Å². The number of ether oxygens (including phenoxy) is 3. The van der Waals surface area contributed by atoms with Gasteiger partial charge in [0.1, 0.15) is 5.75 Å². The number of rotatable bonds is 6. The zero-order valence-electron chi connectivity index (χ0n) is 26.6. The number of benzene rings is 3. The molecule has 3 fully saturated rings. The molecule has 4 aliphatic heterocycles. The van der Waals surface area contributed by atoms with Gasteiger partial charge in [-0.15, -0.1) is 0 Å². The zero-order chi connectivity index (χ0) is 32.8. The zero-order valence-corrected chi connectivity index (χ0v) is 28.1. The van der Waals surface area contributed by atoms with Crippen molar-refractivity contribution in [2.45, 2.75) is 26.4 Å². The lowest BCUT2D eigenvalue weighted by Crippen LogP contribution is -2.56. The normalized spacial score (nSPS) is 18.9. The van der Waals surface area contributed by atoms with E-state index in [9.17, 15) is 14.7 Å². The van der Waals surface area contributed by atoms with Crippen molar-refractivity contribution in [1.29, 1.82) is 0 Å². The Morgan fingerprint density at radius 2 is 1.55 bits per heavy atom. The summed E-state index contributed by atoms with van der Waals surface area (Å²) in [5, 5.41) is 10.6. The standard InChI is InChI=1S/C35H38Cl2N4O6/c1-21-3-4-23-17-41(34(42)32-28(36)14-24(15-29(32)37)38-5-7-39(8-6-38)25-18-46-19-25)20-47-33(23)31(21)26-16-30(40-9-11-45-12-10-40)27(35(43)44)13-22(26)2/h3-4,13-16,25H,5-12,17-20H2,1-2H3,(H,43,44). The van der Waals surface area contributed by atoms with Crippen molar-refractivity contribution in [1.82, 2.24) is 9.80 Å². The van der Waals surface area contributed by atoms with Crippen LogP contribution in [0.3, 0.4) is 0 Å². The van der Waals surface area contributed by atoms with E-state index in [1.165, 1.54) is 0 Å². The number of amides is 1. The number of fused-ring (bicyclic) bond motifs is 1. The molecule has 12 heteroatoms. The van der Waals surface area contributed by atoms with Crippen molar-refractivity contribution in [3.05, 3.63) is 74.3 Å². The van der Waals surface area contributed by atoms with Crippen LogP contribution >= 0.6 is 23.2 Å². The molecule has 0 radical (unpaired) electrons. The maximum atomic E-state index is 13.9. The van der Waals surface area contributed by atoms with Crippen LogP contribution < -0.4 is 14.5 Å². The fourth-order valence-electron chi connectivity index (χ4n) is 6.96. The molecule has 1 amide bonds. The number of carbonyl (C=O) groups is 2. The van der Waals surface area contributed by atoms with E-state index < -0.39 is 5.97 Å². The first kappa shape index (κ1) is 32.0. The number of carboxylic acid groups (broad SMARTS) is 1. The second-order valence-electron chi connectivity index (χ2n) is 12.6. The Labute approximate surface area is 284 Å². The van der Waals surface area contributed by atoms with Crippen LogP contribution in [0.5, 0.6) is 5.75 Å². The van der Waals surface area contributed by atoms with Crippen LogP contribution in [-0.4, -0.2) is 105 Å². The number of anilines is 2. The molecule has 7 rings (SSSR count). The van der Waals surface area contributed by atoms with Crippen molar-refractivity contribution < 1.29 is 28.9 Å². The first-order valence-electron chi connectivity index (χ1n) is 16.0. The number of halogens is 2. The molecule has 0 aliphatic carbocycles. The Balaban J connectivity index is 1.13. The molecule has 0 aromatic heterocycles. The second kappa shape index (κ2) is 13.2. The summed E-state index contributed by atoms with van der Waals surface area (Å²) in [6.07, 6.45) is 0. The number of morpholine rings is 1. The van der Waals surface area contributed by atoms with Crippen LogP contribution in [0, 0.1) is 13.8 Å². The number of hydrogen-bond donors (Lipinski definition) is 1. The molecule has 1 N–H and O–H groups in total. The van der Waals surface area contributed by atoms with Gasteiger partial charge in [-0.2, -0.15) is 0 Å². The third-order valence-corrected chi connectivity index (χ3v) is 10.3. The monoisotopic (exact) mass is 680 g/mol. The minimum absolute atomic E-state index is 0.0200. The highest BCUT2D eigenvalue weighted by atomic mass is 35.5. The summed E-state index contributed by atoms with van der Waals surface area (Å²) >= 11 is 13.5. The van der Waals surface area contributed by atoms with Gasteiger partial charge >= 0.3 is 5.97 Å². The van der Waals surface area contributed by atoms with Crippen molar-refractivity contribution in [2.24, 2.45) is 0 Å². The maximum absolute atomic E-state index is 13.9. The van der Waals surface area contributed by atoms with E-state index in [1.54, 1.807) is 11.0 Å². The van der Waals surface area contributed by atoms with Crippen molar-refractivity contribution in [3.8, 4) is 16.9 Å². The highest BCUT2D eigenvalue weighted by Crippen LogP contribution is 2.43. The van der Waals surface area contributed by atoms with E-state index in [0.29, 0.717) is 60.4 Å². The molecule has 4 aliphatic rings. The topological polar surface area (TPSA) is 95.0 Å². The lowest BCUT2D eigenvalue weighted by molar-refractivity contribution is -0.0660. The molecule has 3 saturated heterocycles. The van der Waals surface area contributed by atoms with Gasteiger partial charge in [0.25, 0.3) is 5.91 Å². The lowest BCUT2D eigenvalue weighted by atomic mass is 9.90. The van der Waals surface area contributed by atoms with Gasteiger partial charge in [0.2, 0.25) is 0 Å². The Bertz CT molecular complexity index is 1690. The Morgan fingerprint density at radius 3 is 2.19 bits per heavy atom. The molecular weight excluding hydrogens is 643 g/mol. The summed E-state index contributed by atoms with van der Waals surface area (Å²) in [7, 11) is 0. The fourth-order valence-corrected chi connectivity index (χ4v) is 7.60. The molecule has 3 aromatic carbocycles. The second-order valence-corrected chi connectivity index (χ2v) is 13.4. The lowest BCUT2D eigenvalue weighted by Gasteiger charge is -2.43. The molecule has 4 heterocycles. The minimum atomic E-state index is -0.967. The molecule has 3 aromatic rings. The highest BCUT2D eigenvalue weighted by molar-refractivity contribution is 6.40. The van der Waals surface area contributed by atoms with Crippen LogP contribution in [-0.2, 0) is 16.0 Å². The molecule has 0 bridgehead atoms. The van der Waals surface area contributed by atoms with Crippen LogP contribution in [0.4, 0.5) is 11.4 Å². The maximum Gasteiger partial charge on any atom is 0.337 e. The molecular formula is C35H38Cl2N4O6. The summed E-state index contributed by atoms with van der Waals surface area (Å²) in [5.41, 5.74) is 6.55. The summed E-state index contributed by atoms with van der Waals surface area (Å²) in [6.45, 7) is 11.7. The molecule has 0 atom stereocenters. The summed E-state index contributed by atoms with van der Waals surface area (Å²) in [4.78, 5) is 34.5. The predicted molar refractivity (Wildman–Crippen MR) is 182 cm³/mol. The van der Waals surface area contributed by atoms with Crippen LogP contribution in [0.15, 0.2) is 36.4 Å². The van der Waals surface area contributed by atoms with Gasteiger partial charge in [-0.25, -0.2) is 4.79 Å². The van der Waals surface area contributed by atoms with Crippen molar-refractivity contribution >= 4 is 46.5 Å². The summed E-state index contributed by atoms with van der Waals surface area (Å²) in [6, 6.07) is 11.8. The van der Waals surface area contributed by atoms with E-state index in [1.807, 2.05) is 44.2 Å². The molecule has 0 spiro atoms. The first-order valence-corrected chi connectivity index (χ1v) is 16.8. The molecule has 47 heavy (non-hydrogen) atoms. The van der Waals surface area contributed by atoms with Gasteiger partial charge in [-0.3, -0.25) is 9.69 Å². The van der Waals surface area contributed by atoms with Gasteiger partial charge in [0, 0.05) is 56.1 Å². The van der Waals surface area contributed by atoms with E-state index in [0.717, 1.165) is 72.9 Å². The number of piperazine rings is 1. The average molecular weight is 682 g/mol. The predicted octanol–water partition coefficient (Wildman–Crippen LogP) is 5.33. The van der Waals surface area contributed by atoms with Gasteiger partial charge in [-0.1, -0.05) is 35.3 Å². The smallest absolute Gasteiger partial charge is 0.337 e. The van der Waals surface area contributed by atoms with Crippen LogP contribution in [0.25, 0.3) is 11.1 Å². The Morgan fingerprint density at radius 1 is 0.851 bits per heavy atom. The highest BCUT2D eigenvalue weighted by Gasteiger charge is 2.32. The van der Waals surface area contributed by atoms with Gasteiger partial charge in [-0.05, 0) is 54.8 Å². The summed E-state index contributed by atoms with van der Waals surface area (Å²) < 4.78 is 17.2. The van der Waals surface area contributed by atoms with Crippen molar-refractivity contribution in [3.63, 3.8) is 0 Å². The third kappa shape index (κ3) is 6.13. The number of aromatic carboxylic acids is 1. The molecule has 0 saturated carbocycles. The van der Waals surface area contributed by atoms with Gasteiger partial charge in [0.15, 0.2) is 6.73 Å².